The average Bonchev–Trinajstić information content (AvgIpc) is 3.24. The molecule has 2 N–H and O–H groups in total. The van der Waals surface area contributed by atoms with E-state index in [-0.39, 0.29) is 11.7 Å². The minimum absolute atomic E-state index is 0.219. The van der Waals surface area contributed by atoms with Gasteiger partial charge < -0.3 is 15.5 Å². The highest BCUT2D eigenvalue weighted by Crippen LogP contribution is 2.23. The Morgan fingerprint density at radius 3 is 2.80 bits per heavy atom. The van der Waals surface area contributed by atoms with Gasteiger partial charge in [0, 0.05) is 43.4 Å². The summed E-state index contributed by atoms with van der Waals surface area (Å²) >= 11 is 0. The number of hydrogen-bond donors (Lipinski definition) is 2. The van der Waals surface area contributed by atoms with Gasteiger partial charge in [-0.05, 0) is 48.2 Å². The van der Waals surface area contributed by atoms with Crippen LogP contribution >= 0.6 is 0 Å². The molecular formula is C23H25N5O2. The number of benzene rings is 2. The fraction of sp³-hybridized carbons (Fsp3) is 0.261. The molecule has 0 saturated carbocycles. The summed E-state index contributed by atoms with van der Waals surface area (Å²) in [7, 11) is 0. The highest BCUT2D eigenvalue weighted by Gasteiger charge is 2.22. The summed E-state index contributed by atoms with van der Waals surface area (Å²) in [5.74, 6) is 0.430. The summed E-state index contributed by atoms with van der Waals surface area (Å²) < 4.78 is 1.53. The van der Waals surface area contributed by atoms with Gasteiger partial charge in [0.1, 0.15) is 0 Å². The number of nitrogens with zero attached hydrogens (tertiary/aromatic N) is 3. The van der Waals surface area contributed by atoms with Gasteiger partial charge in [-0.3, -0.25) is 4.57 Å². The molecule has 1 atom stereocenters. The highest BCUT2D eigenvalue weighted by atomic mass is 16.2. The van der Waals surface area contributed by atoms with Crippen molar-refractivity contribution in [2.45, 2.75) is 13.0 Å². The quantitative estimate of drug-likeness (QED) is 0.663. The molecule has 1 aliphatic rings. The fourth-order valence-corrected chi connectivity index (χ4v) is 3.74. The van der Waals surface area contributed by atoms with E-state index in [1.165, 1.54) is 16.5 Å². The van der Waals surface area contributed by atoms with Crippen molar-refractivity contribution < 1.29 is 4.79 Å². The lowest BCUT2D eigenvalue weighted by Crippen LogP contribution is -2.34. The first-order chi connectivity index (χ1) is 14.7. The Kier molecular flexibility index (Phi) is 6.08. The van der Waals surface area contributed by atoms with Crippen LogP contribution in [0.1, 0.15) is 12.0 Å². The normalized spacial score (nSPS) is 15.7. The Morgan fingerprint density at radius 1 is 1.10 bits per heavy atom. The Labute approximate surface area is 175 Å². The van der Waals surface area contributed by atoms with Crippen LogP contribution in [0.5, 0.6) is 0 Å². The summed E-state index contributed by atoms with van der Waals surface area (Å²) in [6.45, 7) is 2.99. The van der Waals surface area contributed by atoms with Gasteiger partial charge in [0.2, 0.25) is 0 Å². The number of aromatic nitrogens is 2. The first-order valence-electron chi connectivity index (χ1n) is 10.1. The van der Waals surface area contributed by atoms with E-state index in [2.05, 4.69) is 32.7 Å². The van der Waals surface area contributed by atoms with Crippen molar-refractivity contribution in [2.24, 2.45) is 5.92 Å². The van der Waals surface area contributed by atoms with Crippen molar-refractivity contribution in [1.82, 2.24) is 14.9 Å². The molecule has 2 heterocycles. The van der Waals surface area contributed by atoms with Gasteiger partial charge in [-0.15, -0.1) is 0 Å². The van der Waals surface area contributed by atoms with Gasteiger partial charge >= 0.3 is 11.7 Å². The third-order valence-electron chi connectivity index (χ3n) is 5.28. The summed E-state index contributed by atoms with van der Waals surface area (Å²) in [6, 6.07) is 19.3. The second-order valence-corrected chi connectivity index (χ2v) is 7.50. The standard InChI is InChI=1S/C23H25N5O2/c29-22(25-15-19-10-13-27(17-19)21-8-2-1-3-9-21)26-20-7-4-6-18(14-20)16-28-12-5-11-24-23(28)30/h1-9,11-12,14,19H,10,13,15-17H2,(H2,25,26,29)/t19-/m0/s1. The summed E-state index contributed by atoms with van der Waals surface area (Å²) in [6.07, 6.45) is 4.23. The zero-order chi connectivity index (χ0) is 20.8. The van der Waals surface area contributed by atoms with Crippen molar-refractivity contribution in [3.8, 4) is 0 Å². The minimum atomic E-state index is -0.297. The molecule has 3 aromatic rings. The SMILES string of the molecule is O=C(NC[C@@H]1CCN(c2ccccc2)C1)Nc1cccc(Cn2cccnc2=O)c1. The maximum Gasteiger partial charge on any atom is 0.347 e. The molecule has 0 radical (unpaired) electrons. The van der Waals surface area contributed by atoms with E-state index in [1.54, 1.807) is 12.3 Å². The van der Waals surface area contributed by atoms with Crippen molar-refractivity contribution in [1.29, 1.82) is 0 Å². The zero-order valence-corrected chi connectivity index (χ0v) is 16.7. The Morgan fingerprint density at radius 2 is 1.97 bits per heavy atom. The van der Waals surface area contributed by atoms with Crippen LogP contribution in [0.3, 0.4) is 0 Å². The largest absolute Gasteiger partial charge is 0.371 e. The van der Waals surface area contributed by atoms with E-state index < -0.39 is 0 Å². The highest BCUT2D eigenvalue weighted by molar-refractivity contribution is 5.89. The molecule has 1 aromatic heterocycles. The first kappa shape index (κ1) is 19.7. The third kappa shape index (κ3) is 5.05. The van der Waals surface area contributed by atoms with Crippen molar-refractivity contribution in [3.63, 3.8) is 0 Å². The van der Waals surface area contributed by atoms with E-state index in [0.29, 0.717) is 24.7 Å². The van der Waals surface area contributed by atoms with Crippen molar-refractivity contribution >= 4 is 17.4 Å². The molecule has 0 unspecified atom stereocenters. The molecule has 1 aliphatic heterocycles. The lowest BCUT2D eigenvalue weighted by molar-refractivity contribution is 0.250. The molecule has 0 bridgehead atoms. The molecule has 1 saturated heterocycles. The molecule has 0 spiro atoms. The van der Waals surface area contributed by atoms with Gasteiger partial charge in [-0.25, -0.2) is 14.6 Å². The Bertz CT molecular complexity index is 1050. The number of urea groups is 1. The zero-order valence-electron chi connectivity index (χ0n) is 16.7. The van der Waals surface area contributed by atoms with Crippen LogP contribution in [-0.2, 0) is 6.54 Å². The number of nitrogens with one attached hydrogen (secondary N) is 2. The van der Waals surface area contributed by atoms with Crippen LogP contribution in [0, 0.1) is 5.92 Å². The summed E-state index contributed by atoms with van der Waals surface area (Å²) in [4.78, 5) is 30.2. The van der Waals surface area contributed by atoms with E-state index in [1.807, 2.05) is 42.5 Å². The molecule has 2 amide bonds. The molecule has 1 fully saturated rings. The molecule has 7 nitrogen and oxygen atoms in total. The van der Waals surface area contributed by atoms with E-state index in [9.17, 15) is 9.59 Å². The number of amides is 2. The number of carbonyl (C=O) groups excluding carboxylic acids is 1. The Balaban J connectivity index is 1.27. The lowest BCUT2D eigenvalue weighted by Gasteiger charge is -2.18. The Hall–Kier alpha value is -3.61. The van der Waals surface area contributed by atoms with E-state index >= 15 is 0 Å². The maximum atomic E-state index is 12.3. The monoisotopic (exact) mass is 403 g/mol. The van der Waals surface area contributed by atoms with Crippen LogP contribution in [0.15, 0.2) is 77.9 Å². The number of para-hydroxylation sites is 1. The predicted octanol–water partition coefficient (Wildman–Crippen LogP) is 2.94. The average molecular weight is 403 g/mol. The van der Waals surface area contributed by atoms with Gasteiger partial charge in [0.05, 0.1) is 6.54 Å². The van der Waals surface area contributed by atoms with Gasteiger partial charge in [0.25, 0.3) is 0 Å². The van der Waals surface area contributed by atoms with Gasteiger partial charge in [0.15, 0.2) is 0 Å². The van der Waals surface area contributed by atoms with Gasteiger partial charge in [-0.1, -0.05) is 30.3 Å². The number of carbonyl (C=O) groups is 1. The van der Waals surface area contributed by atoms with Crippen LogP contribution in [-0.4, -0.2) is 35.2 Å². The number of anilines is 2. The van der Waals surface area contributed by atoms with Crippen LogP contribution in [0.2, 0.25) is 0 Å². The predicted molar refractivity (Wildman–Crippen MR) is 118 cm³/mol. The smallest absolute Gasteiger partial charge is 0.347 e. The first-order valence-corrected chi connectivity index (χ1v) is 10.1. The molecule has 2 aromatic carbocycles. The molecule has 154 valence electrons. The molecular weight excluding hydrogens is 378 g/mol. The number of rotatable bonds is 6. The second kappa shape index (κ2) is 9.26. The fourth-order valence-electron chi connectivity index (χ4n) is 3.74. The van der Waals surface area contributed by atoms with Crippen LogP contribution < -0.4 is 21.2 Å². The minimum Gasteiger partial charge on any atom is -0.371 e. The summed E-state index contributed by atoms with van der Waals surface area (Å²) in [5, 5.41) is 5.86. The molecule has 4 rings (SSSR count). The topological polar surface area (TPSA) is 79.3 Å². The van der Waals surface area contributed by atoms with Crippen molar-refractivity contribution in [3.05, 3.63) is 89.1 Å². The van der Waals surface area contributed by atoms with Crippen molar-refractivity contribution in [2.75, 3.05) is 29.9 Å². The lowest BCUT2D eigenvalue weighted by atomic mass is 10.1. The molecule has 30 heavy (non-hydrogen) atoms. The van der Waals surface area contributed by atoms with E-state index in [4.69, 9.17) is 0 Å². The van der Waals surface area contributed by atoms with Crippen LogP contribution in [0.25, 0.3) is 0 Å². The molecule has 7 heteroatoms. The third-order valence-corrected chi connectivity index (χ3v) is 5.28. The van der Waals surface area contributed by atoms with Gasteiger partial charge in [-0.2, -0.15) is 0 Å². The second-order valence-electron chi connectivity index (χ2n) is 7.50. The van der Waals surface area contributed by atoms with Crippen LogP contribution in [0.4, 0.5) is 16.2 Å². The number of hydrogen-bond acceptors (Lipinski definition) is 4. The maximum absolute atomic E-state index is 12.3. The van der Waals surface area contributed by atoms with E-state index in [0.717, 1.165) is 25.1 Å². The summed E-state index contributed by atoms with van der Waals surface area (Å²) in [5.41, 5.74) is 2.54. The molecule has 0 aliphatic carbocycles.